The van der Waals surface area contributed by atoms with E-state index in [2.05, 4.69) is 12.2 Å². The third-order valence-corrected chi connectivity index (χ3v) is 5.39. The molecule has 0 saturated heterocycles. The average molecular weight is 431 g/mol. The lowest BCUT2D eigenvalue weighted by molar-refractivity contribution is -0.133. The second-order valence-corrected chi connectivity index (χ2v) is 7.72. The molecular weight excluding hydrogens is 404 g/mol. The molecule has 3 unspecified atom stereocenters. The molecule has 1 fully saturated rings. The number of nitrogen functional groups attached to an aromatic ring is 1. The first-order valence-electron chi connectivity index (χ1n) is 10.2. The lowest BCUT2D eigenvalue weighted by atomic mass is 10.1. The zero-order valence-corrected chi connectivity index (χ0v) is 17.6. The average Bonchev–Trinajstić information content (AvgIpc) is 3.46. The maximum Gasteiger partial charge on any atom is 0.254 e. The van der Waals surface area contributed by atoms with Crippen molar-refractivity contribution in [2.24, 2.45) is 17.6 Å². The number of ether oxygens (including phenoxy) is 2. The largest absolute Gasteiger partial charge is 0.490 e. The highest BCUT2D eigenvalue weighted by molar-refractivity contribution is 5.94. The fourth-order valence-electron chi connectivity index (χ4n) is 3.27. The van der Waals surface area contributed by atoms with Crippen LogP contribution in [-0.2, 0) is 16.1 Å². The number of hydrogen-bond donors (Lipinski definition) is 3. The molecule has 1 amide bonds. The van der Waals surface area contributed by atoms with Gasteiger partial charge in [-0.1, -0.05) is 31.2 Å². The van der Waals surface area contributed by atoms with Crippen LogP contribution in [0, 0.1) is 28.9 Å². The van der Waals surface area contributed by atoms with Crippen molar-refractivity contribution in [2.45, 2.75) is 32.9 Å². The second kappa shape index (κ2) is 9.87. The maximum atomic E-state index is 15.1. The summed E-state index contributed by atoms with van der Waals surface area (Å²) in [6, 6.07) is 9.06. The van der Waals surface area contributed by atoms with Gasteiger partial charge >= 0.3 is 0 Å². The third kappa shape index (κ3) is 5.58. The Bertz CT molecular complexity index is 950. The summed E-state index contributed by atoms with van der Waals surface area (Å²) >= 11 is 0. The van der Waals surface area contributed by atoms with Crippen molar-refractivity contribution in [2.75, 3.05) is 13.2 Å². The minimum Gasteiger partial charge on any atom is -0.490 e. The van der Waals surface area contributed by atoms with E-state index in [1.807, 2.05) is 0 Å². The van der Waals surface area contributed by atoms with E-state index in [4.69, 9.17) is 20.6 Å². The summed E-state index contributed by atoms with van der Waals surface area (Å²) in [4.78, 5) is 12.8. The molecule has 4 N–H and O–H groups in total. The molecule has 3 rings (SSSR count). The van der Waals surface area contributed by atoms with Crippen LogP contribution < -0.4 is 15.8 Å². The Morgan fingerprint density at radius 3 is 2.52 bits per heavy atom. The molecule has 8 heteroatoms. The van der Waals surface area contributed by atoms with Crippen LogP contribution in [0.2, 0.25) is 0 Å². The number of rotatable bonds is 10. The van der Waals surface area contributed by atoms with Gasteiger partial charge in [-0.2, -0.15) is 0 Å². The van der Waals surface area contributed by atoms with Crippen molar-refractivity contribution in [3.8, 4) is 5.75 Å². The molecule has 0 radical (unpaired) electrons. The Kier molecular flexibility index (Phi) is 7.22. The van der Waals surface area contributed by atoms with Crippen molar-refractivity contribution in [1.29, 1.82) is 5.41 Å². The van der Waals surface area contributed by atoms with Crippen LogP contribution in [0.15, 0.2) is 36.4 Å². The number of nitrogens with one attached hydrogen (secondary N) is 2. The predicted octanol–water partition coefficient (Wildman–Crippen LogP) is 3.68. The molecule has 2 aromatic rings. The number of halogens is 2. The minimum absolute atomic E-state index is 0.0591. The first-order chi connectivity index (χ1) is 14.8. The van der Waals surface area contributed by atoms with Crippen molar-refractivity contribution >= 4 is 11.7 Å². The Balaban J connectivity index is 1.73. The van der Waals surface area contributed by atoms with Gasteiger partial charge in [0.25, 0.3) is 5.91 Å². The summed E-state index contributed by atoms with van der Waals surface area (Å²) in [5.41, 5.74) is 6.26. The Morgan fingerprint density at radius 2 is 1.94 bits per heavy atom. The number of hydrogen-bond acceptors (Lipinski definition) is 4. The van der Waals surface area contributed by atoms with Crippen LogP contribution in [-0.4, -0.2) is 25.0 Å². The van der Waals surface area contributed by atoms with E-state index < -0.39 is 29.2 Å². The van der Waals surface area contributed by atoms with Gasteiger partial charge in [0.05, 0.1) is 12.2 Å². The molecule has 1 saturated carbocycles. The Morgan fingerprint density at radius 1 is 1.26 bits per heavy atom. The summed E-state index contributed by atoms with van der Waals surface area (Å²) in [5, 5.41) is 10.1. The number of nitrogens with two attached hydrogens (primary N) is 1. The fourth-order valence-corrected chi connectivity index (χ4v) is 3.27. The van der Waals surface area contributed by atoms with Crippen molar-refractivity contribution in [3.05, 3.63) is 64.7 Å². The van der Waals surface area contributed by atoms with Gasteiger partial charge in [-0.15, -0.1) is 0 Å². The van der Waals surface area contributed by atoms with Gasteiger partial charge in [-0.3, -0.25) is 10.2 Å². The van der Waals surface area contributed by atoms with Crippen LogP contribution in [0.4, 0.5) is 8.78 Å². The molecule has 0 aliphatic heterocycles. The van der Waals surface area contributed by atoms with E-state index in [1.165, 1.54) is 6.07 Å². The topological polar surface area (TPSA) is 97.4 Å². The Hall–Kier alpha value is -3.00. The minimum atomic E-state index is -1.45. The smallest absolute Gasteiger partial charge is 0.254 e. The van der Waals surface area contributed by atoms with Crippen LogP contribution in [0.3, 0.4) is 0 Å². The van der Waals surface area contributed by atoms with Gasteiger partial charge in [-0.05, 0) is 42.9 Å². The summed E-state index contributed by atoms with van der Waals surface area (Å²) in [7, 11) is 0. The van der Waals surface area contributed by atoms with E-state index >= 15 is 4.39 Å². The molecular formula is C23H27F2N3O3. The summed E-state index contributed by atoms with van der Waals surface area (Å²) in [5.74, 6) is -1.70. The lowest BCUT2D eigenvalue weighted by Crippen LogP contribution is -2.32. The van der Waals surface area contributed by atoms with Gasteiger partial charge in [0.15, 0.2) is 17.7 Å². The maximum absolute atomic E-state index is 15.1. The molecule has 0 heterocycles. The highest BCUT2D eigenvalue weighted by Crippen LogP contribution is 2.38. The van der Waals surface area contributed by atoms with Gasteiger partial charge in [0, 0.05) is 18.7 Å². The molecule has 166 valence electrons. The van der Waals surface area contributed by atoms with E-state index in [0.29, 0.717) is 24.0 Å². The predicted molar refractivity (Wildman–Crippen MR) is 113 cm³/mol. The van der Waals surface area contributed by atoms with Crippen LogP contribution in [0.25, 0.3) is 0 Å². The highest BCUT2D eigenvalue weighted by atomic mass is 19.1. The first-order valence-corrected chi connectivity index (χ1v) is 10.2. The number of amidine groups is 1. The van der Waals surface area contributed by atoms with Crippen molar-refractivity contribution in [3.63, 3.8) is 0 Å². The third-order valence-electron chi connectivity index (χ3n) is 5.39. The van der Waals surface area contributed by atoms with E-state index in [1.54, 1.807) is 31.2 Å². The zero-order valence-electron chi connectivity index (χ0n) is 17.6. The SMILES string of the molecule is CCOC(C(=O)NCc1ccc(C(=N)N)cc1)c1c(F)ccc(OCC2CC2C)c1F. The molecule has 0 aromatic heterocycles. The zero-order chi connectivity index (χ0) is 22.5. The number of amides is 1. The molecule has 3 atom stereocenters. The molecule has 2 aromatic carbocycles. The van der Waals surface area contributed by atoms with Gasteiger partial charge < -0.3 is 20.5 Å². The van der Waals surface area contributed by atoms with Crippen LogP contribution >= 0.6 is 0 Å². The van der Waals surface area contributed by atoms with Gasteiger partial charge in [0.1, 0.15) is 11.7 Å². The van der Waals surface area contributed by atoms with Crippen LogP contribution in [0.1, 0.15) is 43.1 Å². The summed E-state index contributed by atoms with van der Waals surface area (Å²) < 4.78 is 40.5. The normalized spacial score (nSPS) is 18.3. The Labute approximate surface area is 180 Å². The van der Waals surface area contributed by atoms with Gasteiger partial charge in [0.2, 0.25) is 0 Å². The van der Waals surface area contributed by atoms with Crippen molar-refractivity contribution < 1.29 is 23.0 Å². The monoisotopic (exact) mass is 431 g/mol. The fraction of sp³-hybridized carbons (Fsp3) is 0.391. The number of carbonyl (C=O) groups is 1. The van der Waals surface area contributed by atoms with E-state index in [-0.39, 0.29) is 24.7 Å². The van der Waals surface area contributed by atoms with Crippen LogP contribution in [0.5, 0.6) is 5.75 Å². The van der Waals surface area contributed by atoms with Crippen molar-refractivity contribution in [1.82, 2.24) is 5.32 Å². The lowest BCUT2D eigenvalue weighted by Gasteiger charge is -2.20. The highest BCUT2D eigenvalue weighted by Gasteiger charge is 2.34. The molecule has 0 spiro atoms. The number of carbonyl (C=O) groups excluding carboxylic acids is 1. The number of benzene rings is 2. The molecule has 1 aliphatic carbocycles. The molecule has 6 nitrogen and oxygen atoms in total. The quantitative estimate of drug-likeness (QED) is 0.395. The van der Waals surface area contributed by atoms with E-state index in [9.17, 15) is 9.18 Å². The van der Waals surface area contributed by atoms with E-state index in [0.717, 1.165) is 18.1 Å². The molecule has 31 heavy (non-hydrogen) atoms. The second-order valence-electron chi connectivity index (χ2n) is 7.72. The molecule has 1 aliphatic rings. The van der Waals surface area contributed by atoms with Gasteiger partial charge in [-0.25, -0.2) is 8.78 Å². The standard InChI is InChI=1S/C23H27F2N3O3/c1-3-30-21(23(29)28-11-14-4-6-15(7-5-14)22(26)27)19-17(24)8-9-18(20(19)25)31-12-16-10-13(16)2/h4-9,13,16,21H,3,10-12H2,1-2H3,(H3,26,27)(H,28,29). The summed E-state index contributed by atoms with van der Waals surface area (Å²) in [6.45, 7) is 4.30. The summed E-state index contributed by atoms with van der Waals surface area (Å²) in [6.07, 6.45) is -0.433. The first kappa shape index (κ1) is 22.7. The molecule has 0 bridgehead atoms.